The standard InChI is InChI=1S/C24H23NO5/c26-16-19-8-6-18(7-9-19)15-25(20-11-12-22(27)21(14-20)24(29)30)23(28)13-10-17-4-2-1-3-5-17/h1-9,11,14,16,22,27H,10,12-13,15H2,(H,29,30). The Kier molecular flexibility index (Phi) is 6.93. The van der Waals surface area contributed by atoms with Crippen LogP contribution in [0.15, 0.2) is 78.0 Å². The maximum Gasteiger partial charge on any atom is 0.334 e. The van der Waals surface area contributed by atoms with Crippen LogP contribution in [0.25, 0.3) is 0 Å². The summed E-state index contributed by atoms with van der Waals surface area (Å²) in [4.78, 5) is 37.0. The molecule has 1 aliphatic carbocycles. The second-order valence-electron chi connectivity index (χ2n) is 7.11. The Bertz CT molecular complexity index is 976. The molecule has 1 unspecified atom stereocenters. The lowest BCUT2D eigenvalue weighted by Gasteiger charge is -2.27. The van der Waals surface area contributed by atoms with Crippen molar-refractivity contribution in [2.45, 2.75) is 31.9 Å². The summed E-state index contributed by atoms with van der Waals surface area (Å²) in [6.45, 7) is 0.234. The van der Waals surface area contributed by atoms with Gasteiger partial charge in [0, 0.05) is 17.7 Å². The van der Waals surface area contributed by atoms with E-state index in [0.29, 0.717) is 17.7 Å². The highest BCUT2D eigenvalue weighted by Crippen LogP contribution is 2.24. The number of hydrogen-bond donors (Lipinski definition) is 2. The van der Waals surface area contributed by atoms with Crippen molar-refractivity contribution < 1.29 is 24.6 Å². The summed E-state index contributed by atoms with van der Waals surface area (Å²) in [5.74, 6) is -1.36. The number of nitrogens with zero attached hydrogens (tertiary/aromatic N) is 1. The van der Waals surface area contributed by atoms with Gasteiger partial charge >= 0.3 is 5.97 Å². The molecule has 0 aliphatic heterocycles. The second-order valence-corrected chi connectivity index (χ2v) is 7.11. The van der Waals surface area contributed by atoms with Gasteiger partial charge in [0.15, 0.2) is 0 Å². The van der Waals surface area contributed by atoms with Crippen LogP contribution in [-0.4, -0.2) is 39.4 Å². The van der Waals surface area contributed by atoms with Gasteiger partial charge in [-0.2, -0.15) is 0 Å². The summed E-state index contributed by atoms with van der Waals surface area (Å²) in [5.41, 5.74) is 2.70. The molecule has 1 amide bonds. The molecule has 6 nitrogen and oxygen atoms in total. The third-order valence-electron chi connectivity index (χ3n) is 5.00. The number of benzene rings is 2. The first-order valence-corrected chi connectivity index (χ1v) is 9.69. The van der Waals surface area contributed by atoms with Gasteiger partial charge in [0.05, 0.1) is 18.2 Å². The normalized spacial score (nSPS) is 15.7. The van der Waals surface area contributed by atoms with E-state index in [1.807, 2.05) is 30.3 Å². The predicted molar refractivity (Wildman–Crippen MR) is 112 cm³/mol. The largest absolute Gasteiger partial charge is 0.478 e. The molecular formula is C24H23NO5. The zero-order valence-corrected chi connectivity index (χ0v) is 16.4. The van der Waals surface area contributed by atoms with Gasteiger partial charge in [0.2, 0.25) is 5.91 Å². The van der Waals surface area contributed by atoms with Crippen molar-refractivity contribution in [2.75, 3.05) is 0 Å². The number of carbonyl (C=O) groups is 3. The molecular weight excluding hydrogens is 382 g/mol. The van der Waals surface area contributed by atoms with Crippen LogP contribution in [0.2, 0.25) is 0 Å². The minimum absolute atomic E-state index is 0.125. The lowest BCUT2D eigenvalue weighted by molar-refractivity contribution is -0.134. The molecule has 0 radical (unpaired) electrons. The Morgan fingerprint density at radius 3 is 2.37 bits per heavy atom. The molecule has 0 bridgehead atoms. The summed E-state index contributed by atoms with van der Waals surface area (Å²) in [5, 5.41) is 19.3. The third-order valence-corrected chi connectivity index (χ3v) is 5.00. The molecule has 2 aromatic rings. The molecule has 30 heavy (non-hydrogen) atoms. The van der Waals surface area contributed by atoms with E-state index in [4.69, 9.17) is 0 Å². The van der Waals surface area contributed by atoms with Crippen molar-refractivity contribution >= 4 is 18.2 Å². The third kappa shape index (κ3) is 5.30. The molecule has 1 aliphatic rings. The lowest BCUT2D eigenvalue weighted by atomic mass is 9.98. The maximum absolute atomic E-state index is 13.1. The number of rotatable bonds is 8. The maximum atomic E-state index is 13.1. The molecule has 6 heteroatoms. The summed E-state index contributed by atoms with van der Waals surface area (Å²) in [6.07, 6.45) is 3.63. The highest BCUT2D eigenvalue weighted by atomic mass is 16.4. The molecule has 0 spiro atoms. The van der Waals surface area contributed by atoms with E-state index >= 15 is 0 Å². The zero-order valence-electron chi connectivity index (χ0n) is 16.4. The van der Waals surface area contributed by atoms with Crippen molar-refractivity contribution in [3.63, 3.8) is 0 Å². The van der Waals surface area contributed by atoms with Gasteiger partial charge in [-0.05, 0) is 30.0 Å². The lowest BCUT2D eigenvalue weighted by Crippen LogP contribution is -2.32. The van der Waals surface area contributed by atoms with E-state index in [1.165, 1.54) is 11.0 Å². The summed E-state index contributed by atoms with van der Waals surface area (Å²) in [6, 6.07) is 16.5. The second kappa shape index (κ2) is 9.80. The first kappa shape index (κ1) is 21.2. The van der Waals surface area contributed by atoms with Crippen LogP contribution in [-0.2, 0) is 22.6 Å². The fraction of sp³-hybridized carbons (Fsp3) is 0.208. The summed E-state index contributed by atoms with van der Waals surface area (Å²) < 4.78 is 0. The number of allylic oxidation sites excluding steroid dienone is 1. The van der Waals surface area contributed by atoms with Gasteiger partial charge in [0.25, 0.3) is 0 Å². The number of amides is 1. The first-order chi connectivity index (χ1) is 14.5. The van der Waals surface area contributed by atoms with E-state index in [2.05, 4.69) is 0 Å². The number of carboxylic acid groups (broad SMARTS) is 1. The van der Waals surface area contributed by atoms with Crippen LogP contribution in [0.3, 0.4) is 0 Å². The summed E-state index contributed by atoms with van der Waals surface area (Å²) in [7, 11) is 0. The Morgan fingerprint density at radius 1 is 1.03 bits per heavy atom. The minimum atomic E-state index is -1.21. The highest BCUT2D eigenvalue weighted by Gasteiger charge is 2.26. The van der Waals surface area contributed by atoms with Gasteiger partial charge < -0.3 is 15.1 Å². The number of aliphatic hydroxyl groups excluding tert-OH is 1. The number of carboxylic acids is 1. The van der Waals surface area contributed by atoms with Crippen molar-refractivity contribution in [2.24, 2.45) is 0 Å². The molecule has 2 N–H and O–H groups in total. The topological polar surface area (TPSA) is 94.9 Å². The number of hydrogen-bond acceptors (Lipinski definition) is 4. The number of aliphatic carboxylic acids is 1. The molecule has 154 valence electrons. The van der Waals surface area contributed by atoms with Crippen LogP contribution >= 0.6 is 0 Å². The molecule has 1 atom stereocenters. The van der Waals surface area contributed by atoms with Crippen molar-refractivity contribution in [3.8, 4) is 0 Å². The Labute approximate surface area is 174 Å². The highest BCUT2D eigenvalue weighted by molar-refractivity contribution is 5.89. The van der Waals surface area contributed by atoms with E-state index in [9.17, 15) is 24.6 Å². The van der Waals surface area contributed by atoms with Crippen LogP contribution < -0.4 is 0 Å². The van der Waals surface area contributed by atoms with E-state index < -0.39 is 12.1 Å². The van der Waals surface area contributed by atoms with Crippen molar-refractivity contribution in [1.29, 1.82) is 0 Å². The minimum Gasteiger partial charge on any atom is -0.478 e. The fourth-order valence-corrected chi connectivity index (χ4v) is 3.30. The fourth-order valence-electron chi connectivity index (χ4n) is 3.30. The smallest absolute Gasteiger partial charge is 0.334 e. The molecule has 0 heterocycles. The predicted octanol–water partition coefficient (Wildman–Crippen LogP) is 3.12. The molecule has 0 fully saturated rings. The van der Waals surface area contributed by atoms with Crippen LogP contribution in [0.4, 0.5) is 0 Å². The van der Waals surface area contributed by atoms with Crippen molar-refractivity contribution in [1.82, 2.24) is 4.90 Å². The molecule has 3 rings (SSSR count). The van der Waals surface area contributed by atoms with Crippen molar-refractivity contribution in [3.05, 3.63) is 94.7 Å². The number of aldehydes is 1. The Morgan fingerprint density at radius 2 is 1.73 bits per heavy atom. The Hall–Kier alpha value is -3.51. The van der Waals surface area contributed by atoms with Crippen LogP contribution in [0, 0.1) is 0 Å². The average Bonchev–Trinajstić information content (AvgIpc) is 2.77. The van der Waals surface area contributed by atoms with Gasteiger partial charge in [-0.3, -0.25) is 9.59 Å². The van der Waals surface area contributed by atoms with Gasteiger partial charge in [0.1, 0.15) is 6.29 Å². The van der Waals surface area contributed by atoms with E-state index in [1.54, 1.807) is 30.3 Å². The quantitative estimate of drug-likeness (QED) is 0.658. The summed E-state index contributed by atoms with van der Waals surface area (Å²) >= 11 is 0. The SMILES string of the molecule is O=Cc1ccc(CN(C(=O)CCc2ccccc2)C2=CCC(O)C(C(=O)O)=C2)cc1. The first-order valence-electron chi connectivity index (χ1n) is 9.69. The van der Waals surface area contributed by atoms with Gasteiger partial charge in [-0.1, -0.05) is 60.7 Å². The average molecular weight is 405 g/mol. The molecule has 0 aromatic heterocycles. The van der Waals surface area contributed by atoms with Gasteiger partial charge in [-0.25, -0.2) is 4.79 Å². The van der Waals surface area contributed by atoms with E-state index in [-0.39, 0.29) is 30.9 Å². The van der Waals surface area contributed by atoms with Crippen LogP contribution in [0.5, 0.6) is 0 Å². The van der Waals surface area contributed by atoms with E-state index in [0.717, 1.165) is 17.4 Å². The number of carbonyl (C=O) groups excluding carboxylic acids is 2. The van der Waals surface area contributed by atoms with Gasteiger partial charge in [-0.15, -0.1) is 0 Å². The van der Waals surface area contributed by atoms with Crippen LogP contribution in [0.1, 0.15) is 34.3 Å². The zero-order chi connectivity index (χ0) is 21.5. The Balaban J connectivity index is 1.84. The number of aliphatic hydroxyl groups is 1. The molecule has 0 saturated carbocycles. The number of aryl methyl sites for hydroxylation is 1. The molecule has 2 aromatic carbocycles. The monoisotopic (exact) mass is 405 g/mol. The molecule has 0 saturated heterocycles.